The molecule has 212 valence electrons. The maximum Gasteiger partial charge on any atom is 0.416 e. The fourth-order valence-corrected chi connectivity index (χ4v) is 6.30. The highest BCUT2D eigenvalue weighted by atomic mass is 19.4. The van der Waals surface area contributed by atoms with Crippen molar-refractivity contribution < 1.29 is 13.2 Å². The van der Waals surface area contributed by atoms with Gasteiger partial charge in [-0.25, -0.2) is 0 Å². The van der Waals surface area contributed by atoms with Crippen LogP contribution in [0.5, 0.6) is 0 Å². The number of nitrogens with one attached hydrogen (secondary N) is 2. The topological polar surface area (TPSA) is 66.2 Å². The number of aromatic nitrogens is 1. The van der Waals surface area contributed by atoms with Crippen LogP contribution in [0.4, 0.5) is 13.2 Å². The molecule has 2 aliphatic rings. The lowest BCUT2D eigenvalue weighted by atomic mass is 9.61. The van der Waals surface area contributed by atoms with Crippen molar-refractivity contribution in [2.75, 3.05) is 20.1 Å². The van der Waals surface area contributed by atoms with E-state index in [-0.39, 0.29) is 11.3 Å². The lowest BCUT2D eigenvalue weighted by molar-refractivity contribution is -0.137. The van der Waals surface area contributed by atoms with E-state index in [1.807, 2.05) is 13.2 Å². The second kappa shape index (κ2) is 11.3. The molecular weight excluding hydrogens is 499 g/mol. The van der Waals surface area contributed by atoms with Gasteiger partial charge in [-0.05, 0) is 85.9 Å². The van der Waals surface area contributed by atoms with Crippen molar-refractivity contribution in [3.8, 4) is 0 Å². The van der Waals surface area contributed by atoms with Crippen molar-refractivity contribution in [3.05, 3.63) is 74.7 Å². The Kier molecular flexibility index (Phi) is 8.47. The molecule has 1 aromatic heterocycles. The number of hydrogen-bond acceptors (Lipinski definition) is 5. The Labute approximate surface area is 230 Å². The summed E-state index contributed by atoms with van der Waals surface area (Å²) < 4.78 is 39.3. The summed E-state index contributed by atoms with van der Waals surface area (Å²) in [5, 5.41) is 5.56. The van der Waals surface area contributed by atoms with Gasteiger partial charge >= 0.3 is 6.18 Å². The monoisotopic (exact) mass is 541 g/mol. The van der Waals surface area contributed by atoms with Crippen LogP contribution in [0, 0.1) is 24.2 Å². The molecule has 0 amide bonds. The number of nitrogens with two attached hydrogens (primary N) is 1. The lowest BCUT2D eigenvalue weighted by Crippen LogP contribution is -2.59. The Balaban J connectivity index is 1.76. The lowest BCUT2D eigenvalue weighted by Gasteiger charge is -2.54. The number of halogens is 3. The Morgan fingerprint density at radius 3 is 2.41 bits per heavy atom. The molecule has 39 heavy (non-hydrogen) atoms. The first-order valence-corrected chi connectivity index (χ1v) is 13.9. The average Bonchev–Trinajstić information content (AvgIpc) is 2.87. The second-order valence-corrected chi connectivity index (χ2v) is 11.4. The van der Waals surface area contributed by atoms with Gasteiger partial charge in [-0.1, -0.05) is 38.1 Å². The molecule has 1 aliphatic heterocycles. The third kappa shape index (κ3) is 5.59. The van der Waals surface area contributed by atoms with Crippen LogP contribution in [0.3, 0.4) is 0 Å². The molecule has 2 heterocycles. The zero-order valence-electron chi connectivity index (χ0n) is 23.9. The maximum absolute atomic E-state index is 13.1. The Hall–Kier alpha value is -2.84. The number of fused-ring (bicyclic) bond motifs is 1. The van der Waals surface area contributed by atoms with E-state index in [9.17, 15) is 13.2 Å². The molecular formula is C31H42F3N5. The van der Waals surface area contributed by atoms with Crippen LogP contribution < -0.4 is 27.2 Å². The van der Waals surface area contributed by atoms with E-state index in [2.05, 4.69) is 62.4 Å². The van der Waals surface area contributed by atoms with E-state index in [1.54, 1.807) is 12.1 Å². The van der Waals surface area contributed by atoms with Crippen molar-refractivity contribution in [2.45, 2.75) is 66.1 Å². The molecule has 2 atom stereocenters. The molecule has 0 radical (unpaired) electrons. The Bertz CT molecular complexity index is 1320. The van der Waals surface area contributed by atoms with Gasteiger partial charge in [0.1, 0.15) is 0 Å². The number of hydrogen-bond donors (Lipinski definition) is 3. The minimum Gasteiger partial charge on any atom is -0.390 e. The molecule has 1 saturated heterocycles. The van der Waals surface area contributed by atoms with Crippen LogP contribution in [0.2, 0.25) is 0 Å². The Morgan fingerprint density at radius 1 is 1.21 bits per heavy atom. The van der Waals surface area contributed by atoms with Gasteiger partial charge in [0, 0.05) is 49.2 Å². The van der Waals surface area contributed by atoms with Gasteiger partial charge in [0.2, 0.25) is 0 Å². The molecule has 1 aromatic carbocycles. The van der Waals surface area contributed by atoms with E-state index in [0.717, 1.165) is 64.6 Å². The van der Waals surface area contributed by atoms with Crippen molar-refractivity contribution in [1.82, 2.24) is 20.6 Å². The molecule has 0 saturated carbocycles. The van der Waals surface area contributed by atoms with Crippen molar-refractivity contribution in [2.24, 2.45) is 23.1 Å². The van der Waals surface area contributed by atoms with Gasteiger partial charge in [0.15, 0.2) is 0 Å². The third-order valence-corrected chi connectivity index (χ3v) is 9.00. The van der Waals surface area contributed by atoms with E-state index < -0.39 is 11.7 Å². The first-order valence-electron chi connectivity index (χ1n) is 13.9. The SMILES string of the molecule is CCc1nc2c(c(C)c1Cc1ccc(C(F)(F)F)cc1)=CC(C(C)(/C(=C/NN)NC)C1CN(C(C)C)C1)CC=2. The quantitative estimate of drug-likeness (QED) is 0.331. The third-order valence-electron chi connectivity index (χ3n) is 9.00. The van der Waals surface area contributed by atoms with Crippen LogP contribution in [-0.2, 0) is 19.0 Å². The largest absolute Gasteiger partial charge is 0.416 e. The van der Waals surface area contributed by atoms with E-state index in [4.69, 9.17) is 10.8 Å². The van der Waals surface area contributed by atoms with E-state index in [0.29, 0.717) is 18.4 Å². The van der Waals surface area contributed by atoms with Gasteiger partial charge in [0.25, 0.3) is 0 Å². The first kappa shape index (κ1) is 29.2. The predicted molar refractivity (Wildman–Crippen MR) is 152 cm³/mol. The Morgan fingerprint density at radius 2 is 1.87 bits per heavy atom. The van der Waals surface area contributed by atoms with Crippen LogP contribution in [0.15, 0.2) is 36.2 Å². The van der Waals surface area contributed by atoms with Crippen molar-refractivity contribution >= 4 is 12.2 Å². The number of nitrogens with zero attached hydrogens (tertiary/aromatic N) is 2. The smallest absolute Gasteiger partial charge is 0.390 e. The molecule has 8 heteroatoms. The summed E-state index contributed by atoms with van der Waals surface area (Å²) in [5.41, 5.74) is 7.14. The molecule has 2 unspecified atom stereocenters. The number of hydrazine groups is 1. The minimum absolute atomic E-state index is 0.176. The van der Waals surface area contributed by atoms with Crippen molar-refractivity contribution in [3.63, 3.8) is 0 Å². The number of benzene rings is 1. The first-order chi connectivity index (χ1) is 18.4. The average molecular weight is 542 g/mol. The van der Waals surface area contributed by atoms with E-state index >= 15 is 0 Å². The molecule has 0 spiro atoms. The number of rotatable bonds is 9. The fraction of sp³-hybridized carbons (Fsp3) is 0.516. The van der Waals surface area contributed by atoms with Crippen LogP contribution in [0.1, 0.15) is 62.1 Å². The standard InChI is InChI=1S/C31H42F3N5/c1-7-27-25(14-21-8-10-22(11-9-21)31(32,33)34)20(4)26-15-23(12-13-28(26)38-27)30(5,29(36-6)16-37-35)24-17-39(18-24)19(2)3/h8-11,13,15-16,19,23-24,36-37H,7,12,14,17-18,35H2,1-6H3/b29-16-. The highest BCUT2D eigenvalue weighted by Crippen LogP contribution is 2.48. The zero-order valence-corrected chi connectivity index (χ0v) is 23.9. The number of alkyl halides is 3. The number of likely N-dealkylation sites (tertiary alicyclic amines) is 1. The predicted octanol–water partition coefficient (Wildman–Crippen LogP) is 4.01. The molecule has 1 fully saturated rings. The molecule has 0 bridgehead atoms. The summed E-state index contributed by atoms with van der Waals surface area (Å²) in [5.74, 6) is 6.44. The normalized spacial score (nSPS) is 20.0. The molecule has 4 N–H and O–H groups in total. The number of pyridine rings is 1. The van der Waals surface area contributed by atoms with Gasteiger partial charge in [0.05, 0.1) is 10.9 Å². The van der Waals surface area contributed by atoms with Gasteiger partial charge in [-0.3, -0.25) is 10.8 Å². The number of allylic oxidation sites excluding steroid dienone is 1. The highest BCUT2D eigenvalue weighted by molar-refractivity contribution is 5.48. The van der Waals surface area contributed by atoms with Gasteiger partial charge in [-0.2, -0.15) is 13.2 Å². The number of aryl methyl sites for hydroxylation is 1. The maximum atomic E-state index is 13.1. The molecule has 1 aliphatic carbocycles. The fourth-order valence-electron chi connectivity index (χ4n) is 6.30. The summed E-state index contributed by atoms with van der Waals surface area (Å²) in [4.78, 5) is 7.54. The summed E-state index contributed by atoms with van der Waals surface area (Å²) in [6.45, 7) is 13.1. The van der Waals surface area contributed by atoms with Crippen LogP contribution in [0.25, 0.3) is 12.2 Å². The van der Waals surface area contributed by atoms with Crippen LogP contribution in [-0.4, -0.2) is 36.1 Å². The summed E-state index contributed by atoms with van der Waals surface area (Å²) >= 11 is 0. The van der Waals surface area contributed by atoms with Gasteiger partial charge < -0.3 is 15.6 Å². The van der Waals surface area contributed by atoms with Gasteiger partial charge in [-0.15, -0.1) is 0 Å². The highest BCUT2D eigenvalue weighted by Gasteiger charge is 2.49. The summed E-state index contributed by atoms with van der Waals surface area (Å²) in [6.07, 6.45) is 4.37. The minimum atomic E-state index is -4.34. The van der Waals surface area contributed by atoms with E-state index in [1.165, 1.54) is 12.1 Å². The summed E-state index contributed by atoms with van der Waals surface area (Å²) in [6, 6.07) is 6.00. The van der Waals surface area contributed by atoms with Crippen molar-refractivity contribution in [1.29, 1.82) is 0 Å². The van der Waals surface area contributed by atoms with Crippen LogP contribution >= 0.6 is 0 Å². The second-order valence-electron chi connectivity index (χ2n) is 11.4. The molecule has 5 nitrogen and oxygen atoms in total. The zero-order chi connectivity index (χ0) is 28.5. The molecule has 4 rings (SSSR count). The molecule has 2 aromatic rings. The summed E-state index contributed by atoms with van der Waals surface area (Å²) in [7, 11) is 1.95.